The molecule has 2 rings (SSSR count). The van der Waals surface area contributed by atoms with Gasteiger partial charge in [0.05, 0.1) is 12.5 Å². The van der Waals surface area contributed by atoms with Gasteiger partial charge in [-0.15, -0.1) is 0 Å². The van der Waals surface area contributed by atoms with Crippen molar-refractivity contribution in [3.05, 3.63) is 35.5 Å². The quantitative estimate of drug-likeness (QED) is 0.877. The first-order valence-electron chi connectivity index (χ1n) is 5.30. The summed E-state index contributed by atoms with van der Waals surface area (Å²) in [5, 5.41) is 10.5. The smallest absolute Gasteiger partial charge is 0.305 e. The Labute approximate surface area is 104 Å². The summed E-state index contributed by atoms with van der Waals surface area (Å²) >= 11 is 5.90. The van der Waals surface area contributed by atoms with Crippen molar-refractivity contribution in [3.8, 4) is 0 Å². The van der Waals surface area contributed by atoms with Crippen LogP contribution in [0.3, 0.4) is 0 Å². The van der Waals surface area contributed by atoms with Crippen LogP contribution in [0.5, 0.6) is 0 Å². The average Bonchev–Trinajstić information content (AvgIpc) is 2.68. The summed E-state index contributed by atoms with van der Waals surface area (Å²) in [5.74, 6) is -0.851. The van der Waals surface area contributed by atoms with Gasteiger partial charge in [-0.1, -0.05) is 11.6 Å². The molecule has 0 spiro atoms. The highest BCUT2D eigenvalue weighted by Gasteiger charge is 2.15. The van der Waals surface area contributed by atoms with E-state index in [9.17, 15) is 4.79 Å². The molecule has 1 atom stereocenters. The van der Waals surface area contributed by atoms with Gasteiger partial charge in [0.15, 0.2) is 0 Å². The Balaban J connectivity index is 2.43. The van der Waals surface area contributed by atoms with Crippen LogP contribution < -0.4 is 5.73 Å². The molecular formula is C12H13ClN2O2. The van der Waals surface area contributed by atoms with E-state index in [4.69, 9.17) is 22.4 Å². The Morgan fingerprint density at radius 1 is 1.47 bits per heavy atom. The predicted octanol–water partition coefficient (Wildman–Crippen LogP) is 2.27. The lowest BCUT2D eigenvalue weighted by molar-refractivity contribution is -0.137. The Hall–Kier alpha value is -1.52. The first kappa shape index (κ1) is 12.0. The third-order valence-electron chi connectivity index (χ3n) is 2.76. The van der Waals surface area contributed by atoms with E-state index in [1.165, 1.54) is 0 Å². The standard InChI is InChI=1S/C12H13ClN2O2/c13-9-1-2-11-8(5-9)3-4-15(11)10(7-14)6-12(16)17/h1-5,10H,6-7,14H2,(H,16,17). The van der Waals surface area contributed by atoms with Crippen LogP contribution in [0.4, 0.5) is 0 Å². The number of carboxylic acid groups (broad SMARTS) is 1. The van der Waals surface area contributed by atoms with Crippen LogP contribution >= 0.6 is 11.6 Å². The first-order valence-corrected chi connectivity index (χ1v) is 5.67. The maximum Gasteiger partial charge on any atom is 0.305 e. The van der Waals surface area contributed by atoms with Gasteiger partial charge >= 0.3 is 5.97 Å². The van der Waals surface area contributed by atoms with Gasteiger partial charge in [0.1, 0.15) is 0 Å². The van der Waals surface area contributed by atoms with Crippen molar-refractivity contribution in [2.75, 3.05) is 6.54 Å². The summed E-state index contributed by atoms with van der Waals surface area (Å²) in [6.07, 6.45) is 1.87. The number of hydrogen-bond donors (Lipinski definition) is 2. The molecule has 4 nitrogen and oxygen atoms in total. The zero-order valence-corrected chi connectivity index (χ0v) is 9.89. The molecule has 0 aliphatic heterocycles. The van der Waals surface area contributed by atoms with E-state index < -0.39 is 5.97 Å². The second-order valence-corrected chi connectivity index (χ2v) is 4.35. The largest absolute Gasteiger partial charge is 0.481 e. The molecule has 1 aromatic carbocycles. The number of aromatic nitrogens is 1. The van der Waals surface area contributed by atoms with Gasteiger partial charge in [0.25, 0.3) is 0 Å². The molecule has 0 amide bonds. The molecule has 1 unspecified atom stereocenters. The molecule has 0 aliphatic carbocycles. The first-order chi connectivity index (χ1) is 8.11. The molecule has 5 heteroatoms. The van der Waals surface area contributed by atoms with Gasteiger partial charge in [-0.05, 0) is 24.3 Å². The highest BCUT2D eigenvalue weighted by molar-refractivity contribution is 6.31. The normalized spacial score (nSPS) is 12.8. The minimum Gasteiger partial charge on any atom is -0.481 e. The average molecular weight is 253 g/mol. The van der Waals surface area contributed by atoms with E-state index in [0.717, 1.165) is 10.9 Å². The molecule has 3 N–H and O–H groups in total. The molecule has 0 saturated heterocycles. The van der Waals surface area contributed by atoms with Gasteiger partial charge in [0.2, 0.25) is 0 Å². The Morgan fingerprint density at radius 2 is 2.24 bits per heavy atom. The van der Waals surface area contributed by atoms with Gasteiger partial charge in [0, 0.05) is 28.7 Å². The molecule has 0 radical (unpaired) electrons. The lowest BCUT2D eigenvalue weighted by atomic mass is 10.2. The van der Waals surface area contributed by atoms with Crippen LogP contribution in [0, 0.1) is 0 Å². The minimum atomic E-state index is -0.851. The molecule has 1 aromatic heterocycles. The van der Waals surface area contributed by atoms with Crippen molar-refractivity contribution in [2.45, 2.75) is 12.5 Å². The van der Waals surface area contributed by atoms with Crippen molar-refractivity contribution in [3.63, 3.8) is 0 Å². The number of aliphatic carboxylic acids is 1. The number of hydrogen-bond acceptors (Lipinski definition) is 2. The summed E-state index contributed by atoms with van der Waals surface area (Å²) in [7, 11) is 0. The lowest BCUT2D eigenvalue weighted by Crippen LogP contribution is -2.21. The topological polar surface area (TPSA) is 68.2 Å². The second-order valence-electron chi connectivity index (χ2n) is 3.91. The molecule has 17 heavy (non-hydrogen) atoms. The zero-order valence-electron chi connectivity index (χ0n) is 9.14. The second kappa shape index (κ2) is 4.77. The zero-order chi connectivity index (χ0) is 12.4. The molecule has 1 heterocycles. The van der Waals surface area contributed by atoms with Crippen LogP contribution in [0.25, 0.3) is 10.9 Å². The molecule has 0 fully saturated rings. The van der Waals surface area contributed by atoms with Crippen LogP contribution in [0.1, 0.15) is 12.5 Å². The number of nitrogens with zero attached hydrogens (tertiary/aromatic N) is 1. The van der Waals surface area contributed by atoms with Gasteiger partial charge in [-0.3, -0.25) is 4.79 Å². The Morgan fingerprint density at radius 3 is 2.88 bits per heavy atom. The summed E-state index contributed by atoms with van der Waals surface area (Å²) in [6, 6.07) is 7.19. The van der Waals surface area contributed by atoms with E-state index in [0.29, 0.717) is 11.6 Å². The number of carboxylic acids is 1. The maximum absolute atomic E-state index is 10.8. The maximum atomic E-state index is 10.8. The van der Waals surface area contributed by atoms with Crippen molar-refractivity contribution < 1.29 is 9.90 Å². The summed E-state index contributed by atoms with van der Waals surface area (Å²) < 4.78 is 1.89. The number of fused-ring (bicyclic) bond motifs is 1. The van der Waals surface area contributed by atoms with Crippen LogP contribution in [0.2, 0.25) is 5.02 Å². The van der Waals surface area contributed by atoms with Gasteiger partial charge in [-0.25, -0.2) is 0 Å². The van der Waals surface area contributed by atoms with Crippen molar-refractivity contribution >= 4 is 28.5 Å². The number of benzene rings is 1. The van der Waals surface area contributed by atoms with Crippen LogP contribution in [-0.4, -0.2) is 22.2 Å². The van der Waals surface area contributed by atoms with E-state index in [1.807, 2.05) is 29.0 Å². The monoisotopic (exact) mass is 252 g/mol. The summed E-state index contributed by atoms with van der Waals surface area (Å²) in [4.78, 5) is 10.8. The third-order valence-corrected chi connectivity index (χ3v) is 2.99. The number of halogens is 1. The highest BCUT2D eigenvalue weighted by atomic mass is 35.5. The summed E-state index contributed by atoms with van der Waals surface area (Å²) in [6.45, 7) is 0.290. The van der Waals surface area contributed by atoms with Crippen LogP contribution in [0.15, 0.2) is 30.5 Å². The Bertz CT molecular complexity index is 550. The third kappa shape index (κ3) is 2.43. The van der Waals surface area contributed by atoms with Gasteiger partial charge < -0.3 is 15.4 Å². The van der Waals surface area contributed by atoms with Crippen LogP contribution in [-0.2, 0) is 4.79 Å². The van der Waals surface area contributed by atoms with E-state index in [2.05, 4.69) is 0 Å². The SMILES string of the molecule is NCC(CC(=O)O)n1ccc2cc(Cl)ccc21. The summed E-state index contributed by atoms with van der Waals surface area (Å²) in [5.41, 5.74) is 6.57. The molecular weight excluding hydrogens is 240 g/mol. The predicted molar refractivity (Wildman–Crippen MR) is 67.3 cm³/mol. The lowest BCUT2D eigenvalue weighted by Gasteiger charge is -2.16. The highest BCUT2D eigenvalue weighted by Crippen LogP contribution is 2.24. The molecule has 0 saturated carbocycles. The number of rotatable bonds is 4. The fraction of sp³-hybridized carbons (Fsp3) is 0.250. The molecule has 0 aliphatic rings. The number of carbonyl (C=O) groups is 1. The van der Waals surface area contributed by atoms with E-state index in [1.54, 1.807) is 6.07 Å². The van der Waals surface area contributed by atoms with E-state index in [-0.39, 0.29) is 12.5 Å². The fourth-order valence-corrected chi connectivity index (χ4v) is 2.13. The van der Waals surface area contributed by atoms with Crippen molar-refractivity contribution in [2.24, 2.45) is 5.73 Å². The fourth-order valence-electron chi connectivity index (χ4n) is 1.95. The Kier molecular flexibility index (Phi) is 3.36. The molecule has 90 valence electrons. The minimum absolute atomic E-state index is 0.0168. The molecule has 2 aromatic rings. The number of nitrogens with two attached hydrogens (primary N) is 1. The molecule has 0 bridgehead atoms. The van der Waals surface area contributed by atoms with Crippen molar-refractivity contribution in [1.82, 2.24) is 4.57 Å². The van der Waals surface area contributed by atoms with E-state index >= 15 is 0 Å². The van der Waals surface area contributed by atoms with Gasteiger partial charge in [-0.2, -0.15) is 0 Å². The van der Waals surface area contributed by atoms with Crippen molar-refractivity contribution in [1.29, 1.82) is 0 Å².